The molecule has 0 saturated carbocycles. The Kier molecular flexibility index (Phi) is 24.8. The number of aryl methyl sites for hydroxylation is 9. The van der Waals surface area contributed by atoms with Crippen LogP contribution in [-0.2, 0) is 82.0 Å². The summed E-state index contributed by atoms with van der Waals surface area (Å²) in [5, 5.41) is 40.1. The van der Waals surface area contributed by atoms with Gasteiger partial charge in [-0.05, 0) is 115 Å². The van der Waals surface area contributed by atoms with Crippen molar-refractivity contribution < 1.29 is 57.5 Å². The molecule has 0 bridgehead atoms. The number of rotatable bonds is 34. The van der Waals surface area contributed by atoms with Gasteiger partial charge in [0.15, 0.2) is 17.5 Å². The third-order valence-electron chi connectivity index (χ3n) is 19.2. The fourth-order valence-corrected chi connectivity index (χ4v) is 13.5. The van der Waals surface area contributed by atoms with Crippen molar-refractivity contribution in [2.75, 3.05) is 89.4 Å². The summed E-state index contributed by atoms with van der Waals surface area (Å²) < 4.78 is 11.8. The molecule has 4 aromatic carbocycles. The Bertz CT molecular complexity index is 5800. The van der Waals surface area contributed by atoms with Crippen molar-refractivity contribution >= 4 is 149 Å². The van der Waals surface area contributed by atoms with Crippen LogP contribution in [0.5, 0.6) is 0 Å². The Balaban J connectivity index is 0.533. The third-order valence-corrected chi connectivity index (χ3v) is 19.2. The average molecular weight is 1580 g/mol. The number of amides is 12. The second-order valence-electron chi connectivity index (χ2n) is 28.5. The second kappa shape index (κ2) is 35.5. The van der Waals surface area contributed by atoms with Crippen molar-refractivity contribution in [3.63, 3.8) is 0 Å². The number of hydrogen-bond acceptors (Lipinski definition) is 16. The Hall–Kier alpha value is -14.5. The molecule has 0 atom stereocenters. The van der Waals surface area contributed by atoms with E-state index in [-0.39, 0.29) is 144 Å². The van der Waals surface area contributed by atoms with E-state index in [1.54, 1.807) is 79.5 Å². The molecule has 602 valence electrons. The monoisotopic (exact) mass is 1580 g/mol. The van der Waals surface area contributed by atoms with Crippen molar-refractivity contribution in [2.24, 2.45) is 56.4 Å². The number of anilines is 8. The van der Waals surface area contributed by atoms with Crippen LogP contribution in [0, 0.1) is 0 Å². The molecule has 0 aliphatic heterocycles. The third kappa shape index (κ3) is 19.5. The van der Waals surface area contributed by atoms with Crippen LogP contribution in [0.2, 0.25) is 0 Å². The van der Waals surface area contributed by atoms with E-state index in [9.17, 15) is 57.5 Å². The molecule has 0 aliphatic carbocycles. The first-order valence-electron chi connectivity index (χ1n) is 37.3. The van der Waals surface area contributed by atoms with Crippen molar-refractivity contribution in [3.05, 3.63) is 186 Å². The highest BCUT2D eigenvalue weighted by Crippen LogP contribution is 2.37. The lowest BCUT2D eigenvalue weighted by molar-refractivity contribution is -0.122. The summed E-state index contributed by atoms with van der Waals surface area (Å²) in [6.45, 7) is 1.70. The number of nitrogens with one attached hydrogen (secondary N) is 12. The summed E-state index contributed by atoms with van der Waals surface area (Å²) in [6.07, 6.45) is 14.8. The number of aromatic nitrogens is 11. The van der Waals surface area contributed by atoms with Gasteiger partial charge in [-0.3, -0.25) is 57.5 Å². The number of carbonyl (C=O) groups excluding carboxylic acids is 12. The largest absolute Gasteiger partial charge is 0.356 e. The summed E-state index contributed by atoms with van der Waals surface area (Å²) >= 11 is 0. The zero-order valence-electron chi connectivity index (χ0n) is 65.7. The van der Waals surface area contributed by atoms with Crippen molar-refractivity contribution in [1.29, 1.82) is 0 Å². The molecule has 0 spiro atoms. The molecule has 0 fully saturated rings. The summed E-state index contributed by atoms with van der Waals surface area (Å²) in [5.74, 6) is -5.72. The lowest BCUT2D eigenvalue weighted by Gasteiger charge is -2.14. The maximum atomic E-state index is 13.6. The van der Waals surface area contributed by atoms with E-state index in [0.717, 1.165) is 19.4 Å². The first-order chi connectivity index (χ1) is 55.5. The molecule has 36 heteroatoms. The zero-order valence-corrected chi connectivity index (χ0v) is 65.7. The SMILES string of the molecule is CN(C)CCCNC(=O)CCNC(=O)c1cc(NC(=O)c2cc(NC(=O)c3cc(NC(=O)c4nc(NC(=O)CCCNC(=O)c5cc(NC(=O)c6cc(NC(=O)c7nc(NC(=O)c8nc(NC(=O)CCNC(=O)CCCc9ccc%10ccc%11cccc%12ccc9c%10c%11%12)cn8C)cn7C)cn6C)cn5C)cn4C)cn3C)cn2C)cn1C. The number of imidazole rings is 3. The van der Waals surface area contributed by atoms with Gasteiger partial charge in [-0.1, -0.05) is 54.6 Å². The average Bonchev–Trinajstić information content (AvgIpc) is 1.50. The highest BCUT2D eigenvalue weighted by molar-refractivity contribution is 6.23. The van der Waals surface area contributed by atoms with Crippen molar-refractivity contribution in [3.8, 4) is 0 Å². The molecule has 0 radical (unpaired) electrons. The van der Waals surface area contributed by atoms with E-state index >= 15 is 0 Å². The first kappa shape index (κ1) is 81.1. The van der Waals surface area contributed by atoms with Crippen LogP contribution in [0.15, 0.2) is 135 Å². The van der Waals surface area contributed by atoms with E-state index in [2.05, 4.69) is 133 Å². The van der Waals surface area contributed by atoms with Gasteiger partial charge < -0.3 is 105 Å². The zero-order chi connectivity index (χ0) is 82.8. The molecule has 12 N–H and O–H groups in total. The van der Waals surface area contributed by atoms with Gasteiger partial charge in [-0.25, -0.2) is 15.0 Å². The van der Waals surface area contributed by atoms with Gasteiger partial charge in [-0.2, -0.15) is 0 Å². The van der Waals surface area contributed by atoms with Gasteiger partial charge in [0.25, 0.3) is 47.3 Å². The Morgan fingerprint density at radius 1 is 0.319 bits per heavy atom. The van der Waals surface area contributed by atoms with Crippen molar-refractivity contribution in [2.45, 2.75) is 51.4 Å². The minimum atomic E-state index is -0.680. The lowest BCUT2D eigenvalue weighted by Crippen LogP contribution is -2.32. The van der Waals surface area contributed by atoms with Crippen LogP contribution in [0.3, 0.4) is 0 Å². The van der Waals surface area contributed by atoms with Gasteiger partial charge >= 0.3 is 0 Å². The Morgan fingerprint density at radius 3 is 1.13 bits per heavy atom. The maximum absolute atomic E-state index is 13.6. The standard InChI is InChI=1S/C80H90N24O12/c1-96(2)32-14-29-81-65(106)26-31-84-74(110)57-34-51(39-98(57)4)86-75(111)58-35-52(40-99(58)5)87-77(113)60-36-53(41-101(60)7)88-78(114)70-92-61(43-102(70)8)90-66(107)19-13-28-83-73(109)56-33-50(38-97(56)3)85-76(112)59-37-54(42-100(59)6)89-79(115)71-94-63(45-104(71)10)95-80(116)72-93-62(44-103(72)9)91-67(108)27-30-82-64(105)18-12-15-46-20-21-49-23-22-47-16-11-17-48-24-25-55(46)69(49)68(47)48/h11,16-17,20-25,33-45H,12-15,18-19,26-32H2,1-10H3,(H,81,106)(H,82,105)(H,83,109)(H,84,110)(H,85,112)(H,86,111)(H,87,113)(H,88,114)(H,89,115)(H,90,107)(H,91,108)(H,95,116). The fourth-order valence-electron chi connectivity index (χ4n) is 13.5. The van der Waals surface area contributed by atoms with Gasteiger partial charge in [-0.15, -0.1) is 0 Å². The van der Waals surface area contributed by atoms with Crippen LogP contribution < -0.4 is 63.8 Å². The van der Waals surface area contributed by atoms with Gasteiger partial charge in [0, 0.05) is 158 Å². The topological polar surface area (TPSA) is 431 Å². The van der Waals surface area contributed by atoms with Crippen molar-refractivity contribution in [1.82, 2.24) is 77.7 Å². The number of hydrogen-bond donors (Lipinski definition) is 12. The quantitative estimate of drug-likeness (QED) is 0.0146. The molecule has 12 amide bonds. The Labute approximate surface area is 664 Å². The normalized spacial score (nSPS) is 11.3. The molecule has 8 aromatic heterocycles. The Morgan fingerprint density at radius 2 is 0.664 bits per heavy atom. The highest BCUT2D eigenvalue weighted by Gasteiger charge is 2.26. The summed E-state index contributed by atoms with van der Waals surface area (Å²) in [7, 11) is 16.7. The van der Waals surface area contributed by atoms with E-state index < -0.39 is 59.1 Å². The first-order valence-corrected chi connectivity index (χ1v) is 37.3. The molecular formula is C80H90N24O12. The second-order valence-corrected chi connectivity index (χ2v) is 28.5. The van der Waals surface area contributed by atoms with Gasteiger partial charge in [0.1, 0.15) is 28.5 Å². The van der Waals surface area contributed by atoms with Gasteiger partial charge in [0.2, 0.25) is 41.1 Å². The maximum Gasteiger partial charge on any atom is 0.292 e. The molecule has 12 aromatic rings. The van der Waals surface area contributed by atoms with Crippen LogP contribution in [0.4, 0.5) is 45.9 Å². The molecule has 8 heterocycles. The molecular weight excluding hydrogens is 1490 g/mol. The minimum absolute atomic E-state index is 0.0244. The van der Waals surface area contributed by atoms with Crippen LogP contribution >= 0.6 is 0 Å². The summed E-state index contributed by atoms with van der Waals surface area (Å²) in [5.41, 5.74) is 3.58. The summed E-state index contributed by atoms with van der Waals surface area (Å²) in [4.78, 5) is 173. The lowest BCUT2D eigenvalue weighted by atomic mass is 9.90. The fraction of sp³-hybridized carbons (Fsp3) is 0.287. The molecule has 0 aliphatic rings. The van der Waals surface area contributed by atoms with E-state index in [0.29, 0.717) is 24.3 Å². The highest BCUT2D eigenvalue weighted by atomic mass is 16.2. The molecule has 12 rings (SSSR count). The molecule has 0 unspecified atom stereocenters. The predicted molar refractivity (Wildman–Crippen MR) is 437 cm³/mol. The van der Waals surface area contributed by atoms with Crippen LogP contribution in [0.25, 0.3) is 32.3 Å². The molecule has 116 heavy (non-hydrogen) atoms. The van der Waals surface area contributed by atoms with Crippen LogP contribution in [-0.4, -0.2) is 174 Å². The van der Waals surface area contributed by atoms with E-state index in [1.165, 1.54) is 131 Å². The van der Waals surface area contributed by atoms with Gasteiger partial charge in [0.05, 0.1) is 28.4 Å². The molecule has 0 saturated heterocycles. The predicted octanol–water partition coefficient (Wildman–Crippen LogP) is 6.80. The number of carbonyl (C=O) groups is 12. The number of benzene rings is 4. The molecule has 36 nitrogen and oxygen atoms in total. The van der Waals surface area contributed by atoms with E-state index in [1.807, 2.05) is 19.0 Å². The minimum Gasteiger partial charge on any atom is -0.356 e. The van der Waals surface area contributed by atoms with E-state index in [4.69, 9.17) is 0 Å². The summed E-state index contributed by atoms with van der Waals surface area (Å²) in [6, 6.07) is 26.5. The smallest absolute Gasteiger partial charge is 0.292 e. The van der Waals surface area contributed by atoms with Crippen LogP contribution in [0.1, 0.15) is 135 Å². The number of nitrogens with zero attached hydrogens (tertiary/aromatic N) is 12.